The van der Waals surface area contributed by atoms with E-state index in [2.05, 4.69) is 0 Å². The average molecular weight is 281 g/mol. The number of methoxy groups -OCH3 is 2. The van der Waals surface area contributed by atoms with E-state index in [0.717, 1.165) is 5.56 Å². The highest BCUT2D eigenvalue weighted by Gasteiger charge is 2.22. The Kier molecular flexibility index (Phi) is 3.81. The number of hydrogen-bond donors (Lipinski definition) is 0. The topological polar surface area (TPSA) is 48.7 Å². The fourth-order valence-corrected chi connectivity index (χ4v) is 2.12. The van der Waals surface area contributed by atoms with Crippen LogP contribution in [-0.2, 0) is 0 Å². The Labute approximate surface area is 115 Å². The summed E-state index contributed by atoms with van der Waals surface area (Å²) in [6, 6.07) is 4.95. The molecule has 0 aliphatic rings. The minimum absolute atomic E-state index is 0.264. The number of halogens is 1. The van der Waals surface area contributed by atoms with Crippen molar-refractivity contribution in [2.45, 2.75) is 6.92 Å². The third-order valence-corrected chi connectivity index (χ3v) is 3.16. The zero-order valence-electron chi connectivity index (χ0n) is 10.8. The van der Waals surface area contributed by atoms with E-state index in [1.165, 1.54) is 20.5 Å². The highest BCUT2D eigenvalue weighted by Crippen LogP contribution is 2.37. The lowest BCUT2D eigenvalue weighted by Gasteiger charge is -2.11. The zero-order chi connectivity index (χ0) is 14.0. The van der Waals surface area contributed by atoms with E-state index in [1.807, 2.05) is 0 Å². The van der Waals surface area contributed by atoms with Crippen LogP contribution in [-0.4, -0.2) is 20.0 Å². The van der Waals surface area contributed by atoms with Crippen molar-refractivity contribution in [1.82, 2.24) is 0 Å². The molecule has 1 heterocycles. The highest BCUT2D eigenvalue weighted by molar-refractivity contribution is 6.34. The van der Waals surface area contributed by atoms with Crippen LogP contribution in [0.25, 0.3) is 0 Å². The maximum Gasteiger partial charge on any atom is 0.232 e. The maximum atomic E-state index is 12.4. The van der Waals surface area contributed by atoms with Gasteiger partial charge in [-0.15, -0.1) is 0 Å². The summed E-state index contributed by atoms with van der Waals surface area (Å²) < 4.78 is 15.5. The van der Waals surface area contributed by atoms with E-state index in [4.69, 9.17) is 25.5 Å². The van der Waals surface area contributed by atoms with Crippen LogP contribution < -0.4 is 9.47 Å². The number of hydrogen-bond acceptors (Lipinski definition) is 4. The van der Waals surface area contributed by atoms with Crippen LogP contribution in [0.5, 0.6) is 11.5 Å². The monoisotopic (exact) mass is 280 g/mol. The molecule has 100 valence electrons. The van der Waals surface area contributed by atoms with Gasteiger partial charge in [-0.1, -0.05) is 11.6 Å². The number of carbonyl (C=O) groups excluding carboxylic acids is 1. The van der Waals surface area contributed by atoms with Crippen molar-refractivity contribution in [3.05, 3.63) is 46.4 Å². The molecule has 0 bridgehead atoms. The van der Waals surface area contributed by atoms with Crippen molar-refractivity contribution >= 4 is 17.4 Å². The molecule has 0 atom stereocenters. The molecular weight excluding hydrogens is 268 g/mol. The van der Waals surface area contributed by atoms with Gasteiger partial charge < -0.3 is 13.9 Å². The Morgan fingerprint density at radius 2 is 1.95 bits per heavy atom. The minimum Gasteiger partial charge on any atom is -0.495 e. The molecule has 0 fully saturated rings. The van der Waals surface area contributed by atoms with Crippen molar-refractivity contribution in [3.8, 4) is 11.5 Å². The van der Waals surface area contributed by atoms with Crippen molar-refractivity contribution in [1.29, 1.82) is 0 Å². The highest BCUT2D eigenvalue weighted by atomic mass is 35.5. The van der Waals surface area contributed by atoms with Crippen molar-refractivity contribution in [3.63, 3.8) is 0 Å². The van der Waals surface area contributed by atoms with Gasteiger partial charge >= 0.3 is 0 Å². The largest absolute Gasteiger partial charge is 0.495 e. The van der Waals surface area contributed by atoms with E-state index < -0.39 is 0 Å². The molecule has 0 amide bonds. The van der Waals surface area contributed by atoms with Gasteiger partial charge in [-0.05, 0) is 30.7 Å². The summed E-state index contributed by atoms with van der Waals surface area (Å²) in [5.74, 6) is 0.733. The molecule has 0 aliphatic carbocycles. The first kappa shape index (κ1) is 13.5. The Balaban J connectivity index is 2.54. The Bertz CT molecular complexity index is 616. The number of carbonyl (C=O) groups is 1. The van der Waals surface area contributed by atoms with Gasteiger partial charge in [0.25, 0.3) is 0 Å². The summed E-state index contributed by atoms with van der Waals surface area (Å²) in [6.45, 7) is 1.80. The number of ether oxygens (including phenoxy) is 2. The standard InChI is InChI=1S/C14H13ClO4/c1-8-6-7-19-13(8)12(16)9-4-5-10(17-2)11(15)14(9)18-3/h4-7H,1-3H3. The van der Waals surface area contributed by atoms with Gasteiger partial charge in [0.05, 0.1) is 26.0 Å². The minimum atomic E-state index is -0.274. The van der Waals surface area contributed by atoms with Gasteiger partial charge in [0.1, 0.15) is 10.8 Å². The number of ketones is 1. The normalized spacial score (nSPS) is 10.3. The van der Waals surface area contributed by atoms with Crippen molar-refractivity contribution in [2.75, 3.05) is 14.2 Å². The van der Waals surface area contributed by atoms with Gasteiger partial charge in [-0.2, -0.15) is 0 Å². The number of rotatable bonds is 4. The van der Waals surface area contributed by atoms with Crippen LogP contribution in [0.4, 0.5) is 0 Å². The fourth-order valence-electron chi connectivity index (χ4n) is 1.80. The second kappa shape index (κ2) is 5.36. The van der Waals surface area contributed by atoms with Gasteiger partial charge in [-0.3, -0.25) is 4.79 Å². The zero-order valence-corrected chi connectivity index (χ0v) is 11.6. The Morgan fingerprint density at radius 1 is 1.21 bits per heavy atom. The Hall–Kier alpha value is -1.94. The molecule has 0 aliphatic heterocycles. The molecule has 0 radical (unpaired) electrons. The molecule has 1 aromatic heterocycles. The summed E-state index contributed by atoms with van der Waals surface area (Å²) in [5.41, 5.74) is 1.10. The molecule has 0 unspecified atom stereocenters. The molecule has 2 rings (SSSR count). The predicted molar refractivity (Wildman–Crippen MR) is 71.4 cm³/mol. The van der Waals surface area contributed by atoms with E-state index in [-0.39, 0.29) is 22.3 Å². The molecule has 0 N–H and O–H groups in total. The third-order valence-electron chi connectivity index (χ3n) is 2.80. The Morgan fingerprint density at radius 3 is 2.47 bits per heavy atom. The summed E-state index contributed by atoms with van der Waals surface area (Å²) in [5, 5.41) is 0.264. The van der Waals surface area contributed by atoms with Crippen molar-refractivity contribution < 1.29 is 18.7 Å². The van der Waals surface area contributed by atoms with Crippen LogP contribution in [0, 0.1) is 6.92 Å². The van der Waals surface area contributed by atoms with Crippen LogP contribution in [0.1, 0.15) is 21.7 Å². The summed E-state index contributed by atoms with van der Waals surface area (Å²) in [6.07, 6.45) is 1.47. The lowest BCUT2D eigenvalue weighted by molar-refractivity contribution is 0.101. The molecule has 0 saturated heterocycles. The first-order valence-corrected chi connectivity index (χ1v) is 5.97. The second-order valence-electron chi connectivity index (χ2n) is 3.92. The molecule has 2 aromatic rings. The number of benzene rings is 1. The second-order valence-corrected chi connectivity index (χ2v) is 4.30. The molecule has 19 heavy (non-hydrogen) atoms. The van der Waals surface area contributed by atoms with E-state index in [9.17, 15) is 4.79 Å². The van der Waals surface area contributed by atoms with Crippen LogP contribution >= 0.6 is 11.6 Å². The third kappa shape index (κ3) is 2.31. The van der Waals surface area contributed by atoms with Crippen LogP contribution in [0.3, 0.4) is 0 Å². The molecule has 0 saturated carbocycles. The van der Waals surface area contributed by atoms with Gasteiger partial charge in [0, 0.05) is 0 Å². The van der Waals surface area contributed by atoms with E-state index >= 15 is 0 Å². The SMILES string of the molecule is COc1ccc(C(=O)c2occc2C)c(OC)c1Cl. The first-order chi connectivity index (χ1) is 9.10. The van der Waals surface area contributed by atoms with Gasteiger partial charge in [0.15, 0.2) is 11.5 Å². The van der Waals surface area contributed by atoms with Crippen molar-refractivity contribution in [2.24, 2.45) is 0 Å². The maximum absolute atomic E-state index is 12.4. The summed E-state index contributed by atoms with van der Waals surface area (Å²) in [7, 11) is 2.95. The first-order valence-electron chi connectivity index (χ1n) is 5.59. The number of aryl methyl sites for hydroxylation is 1. The fraction of sp³-hybridized carbons (Fsp3) is 0.214. The molecule has 0 spiro atoms. The summed E-state index contributed by atoms with van der Waals surface area (Å²) >= 11 is 6.13. The lowest BCUT2D eigenvalue weighted by Crippen LogP contribution is -2.05. The predicted octanol–water partition coefficient (Wildman–Crippen LogP) is 3.49. The smallest absolute Gasteiger partial charge is 0.232 e. The van der Waals surface area contributed by atoms with Gasteiger partial charge in [-0.25, -0.2) is 0 Å². The molecule has 1 aromatic carbocycles. The van der Waals surface area contributed by atoms with Crippen LogP contribution in [0.2, 0.25) is 5.02 Å². The van der Waals surface area contributed by atoms with E-state index in [1.54, 1.807) is 25.1 Å². The summed E-state index contributed by atoms with van der Waals surface area (Å²) in [4.78, 5) is 12.4. The molecule has 5 heteroatoms. The molecular formula is C14H13ClO4. The molecule has 4 nitrogen and oxygen atoms in total. The quantitative estimate of drug-likeness (QED) is 0.805. The van der Waals surface area contributed by atoms with Crippen LogP contribution in [0.15, 0.2) is 28.9 Å². The average Bonchev–Trinajstić information content (AvgIpc) is 2.83. The van der Waals surface area contributed by atoms with Gasteiger partial charge in [0.2, 0.25) is 5.78 Å². The lowest BCUT2D eigenvalue weighted by atomic mass is 10.1. The number of furan rings is 1. The van der Waals surface area contributed by atoms with E-state index in [0.29, 0.717) is 11.3 Å².